The van der Waals surface area contributed by atoms with E-state index in [1.165, 1.54) is 6.20 Å². The van der Waals surface area contributed by atoms with Gasteiger partial charge in [0.25, 0.3) is 5.91 Å². The van der Waals surface area contributed by atoms with Crippen LogP contribution in [0.2, 0.25) is 5.15 Å². The molecule has 0 fully saturated rings. The molecule has 27 heavy (non-hydrogen) atoms. The van der Waals surface area contributed by atoms with E-state index in [-0.39, 0.29) is 11.8 Å². The Kier molecular flexibility index (Phi) is 5.76. The maximum absolute atomic E-state index is 12.3. The first-order valence-electron chi connectivity index (χ1n) is 8.81. The van der Waals surface area contributed by atoms with E-state index in [4.69, 9.17) is 11.6 Å². The van der Waals surface area contributed by atoms with Crippen LogP contribution in [0.4, 0.5) is 5.69 Å². The lowest BCUT2D eigenvalue weighted by atomic mass is 10.2. The van der Waals surface area contributed by atoms with Crippen LogP contribution in [0.5, 0.6) is 0 Å². The minimum atomic E-state index is -0.255. The molecule has 3 aromatic rings. The molecule has 3 rings (SSSR count). The third kappa shape index (κ3) is 4.28. The van der Waals surface area contributed by atoms with Gasteiger partial charge in [0.05, 0.1) is 5.56 Å². The highest BCUT2D eigenvalue weighted by atomic mass is 35.5. The number of aromatic nitrogens is 2. The van der Waals surface area contributed by atoms with Gasteiger partial charge in [0, 0.05) is 42.1 Å². The number of carbonyl (C=O) groups is 2. The average molecular weight is 385 g/mol. The molecule has 2 heterocycles. The quantitative estimate of drug-likeness (QED) is 0.657. The Labute approximate surface area is 162 Å². The van der Waals surface area contributed by atoms with Crippen molar-refractivity contribution in [3.8, 4) is 0 Å². The Morgan fingerprint density at radius 3 is 2.59 bits per heavy atom. The fourth-order valence-corrected chi connectivity index (χ4v) is 3.06. The number of anilines is 1. The molecule has 0 spiro atoms. The highest BCUT2D eigenvalue weighted by molar-refractivity contribution is 6.29. The van der Waals surface area contributed by atoms with Crippen molar-refractivity contribution in [2.45, 2.75) is 20.4 Å². The normalized spacial score (nSPS) is 10.8. The Balaban J connectivity index is 1.76. The molecular formula is C20H21ClN4O2. The molecular weight excluding hydrogens is 364 g/mol. The highest BCUT2D eigenvalue weighted by Crippen LogP contribution is 2.21. The van der Waals surface area contributed by atoms with Crippen molar-refractivity contribution in [1.82, 2.24) is 14.5 Å². The van der Waals surface area contributed by atoms with E-state index in [1.807, 2.05) is 48.9 Å². The predicted molar refractivity (Wildman–Crippen MR) is 107 cm³/mol. The summed E-state index contributed by atoms with van der Waals surface area (Å²) in [5.74, 6) is -0.167. The minimum Gasteiger partial charge on any atom is -0.342 e. The van der Waals surface area contributed by atoms with Crippen LogP contribution in [-0.2, 0) is 11.3 Å². The first kappa shape index (κ1) is 18.9. The topological polar surface area (TPSA) is 67.2 Å². The lowest BCUT2D eigenvalue weighted by Crippen LogP contribution is -2.33. The fraction of sp³-hybridized carbons (Fsp3) is 0.250. The van der Waals surface area contributed by atoms with Crippen LogP contribution in [0.15, 0.2) is 48.8 Å². The third-order valence-electron chi connectivity index (χ3n) is 4.44. The largest absolute Gasteiger partial charge is 0.342 e. The summed E-state index contributed by atoms with van der Waals surface area (Å²) in [6.07, 6.45) is 3.33. The van der Waals surface area contributed by atoms with Gasteiger partial charge in [0.15, 0.2) is 0 Å². The molecule has 0 saturated heterocycles. The summed E-state index contributed by atoms with van der Waals surface area (Å²) in [6.45, 7) is 5.64. The van der Waals surface area contributed by atoms with Crippen molar-refractivity contribution >= 4 is 40.0 Å². The molecule has 140 valence electrons. The fourth-order valence-electron chi connectivity index (χ4n) is 2.95. The van der Waals surface area contributed by atoms with Crippen molar-refractivity contribution in [3.05, 3.63) is 59.5 Å². The lowest BCUT2D eigenvalue weighted by Gasteiger charge is -2.19. The van der Waals surface area contributed by atoms with E-state index in [0.717, 1.165) is 10.9 Å². The second-order valence-corrected chi connectivity index (χ2v) is 6.49. The van der Waals surface area contributed by atoms with Gasteiger partial charge in [0.2, 0.25) is 5.91 Å². The van der Waals surface area contributed by atoms with Gasteiger partial charge in [-0.3, -0.25) is 9.59 Å². The summed E-state index contributed by atoms with van der Waals surface area (Å²) in [5.41, 5.74) is 2.05. The van der Waals surface area contributed by atoms with E-state index in [9.17, 15) is 9.59 Å². The molecule has 0 radical (unpaired) electrons. The van der Waals surface area contributed by atoms with Gasteiger partial charge >= 0.3 is 0 Å². The molecule has 2 amide bonds. The summed E-state index contributed by atoms with van der Waals surface area (Å²) in [6, 6.07) is 10.7. The number of amides is 2. The van der Waals surface area contributed by atoms with Crippen LogP contribution in [0.3, 0.4) is 0 Å². The SMILES string of the molecule is CCN(CC)C(=O)Cn1ccc2cc(NC(=O)c3ccc(Cl)nc3)ccc21. The Morgan fingerprint density at radius 1 is 1.15 bits per heavy atom. The van der Waals surface area contributed by atoms with Gasteiger partial charge < -0.3 is 14.8 Å². The number of nitrogens with one attached hydrogen (secondary N) is 1. The van der Waals surface area contributed by atoms with Crippen LogP contribution >= 0.6 is 11.6 Å². The van der Waals surface area contributed by atoms with Crippen molar-refractivity contribution in [1.29, 1.82) is 0 Å². The van der Waals surface area contributed by atoms with Crippen molar-refractivity contribution in [2.75, 3.05) is 18.4 Å². The van der Waals surface area contributed by atoms with E-state index < -0.39 is 0 Å². The smallest absolute Gasteiger partial charge is 0.257 e. The number of benzene rings is 1. The van der Waals surface area contributed by atoms with Gasteiger partial charge in [-0.15, -0.1) is 0 Å². The molecule has 7 heteroatoms. The molecule has 1 N–H and O–H groups in total. The second kappa shape index (κ2) is 8.22. The maximum atomic E-state index is 12.3. The highest BCUT2D eigenvalue weighted by Gasteiger charge is 2.12. The molecule has 1 aromatic carbocycles. The van der Waals surface area contributed by atoms with Crippen LogP contribution < -0.4 is 5.32 Å². The van der Waals surface area contributed by atoms with Gasteiger partial charge in [-0.25, -0.2) is 4.98 Å². The standard InChI is InChI=1S/C20H21ClN4O2/c1-3-24(4-2)19(26)13-25-10-9-14-11-16(6-7-17(14)25)23-20(27)15-5-8-18(21)22-12-15/h5-12H,3-4,13H2,1-2H3,(H,23,27). The number of hydrogen-bond donors (Lipinski definition) is 1. The summed E-state index contributed by atoms with van der Waals surface area (Å²) < 4.78 is 1.92. The zero-order valence-electron chi connectivity index (χ0n) is 15.3. The number of hydrogen-bond acceptors (Lipinski definition) is 3. The molecule has 6 nitrogen and oxygen atoms in total. The van der Waals surface area contributed by atoms with Gasteiger partial charge in [0.1, 0.15) is 11.7 Å². The average Bonchev–Trinajstić information content (AvgIpc) is 3.05. The zero-order chi connectivity index (χ0) is 19.4. The van der Waals surface area contributed by atoms with Gasteiger partial charge in [-0.05, 0) is 50.2 Å². The van der Waals surface area contributed by atoms with E-state index in [0.29, 0.717) is 36.0 Å². The number of likely N-dealkylation sites (N-methyl/N-ethyl adjacent to an activating group) is 1. The van der Waals surface area contributed by atoms with Crippen molar-refractivity contribution < 1.29 is 9.59 Å². The number of carbonyl (C=O) groups excluding carboxylic acids is 2. The molecule has 0 unspecified atom stereocenters. The number of fused-ring (bicyclic) bond motifs is 1. The molecule has 2 aromatic heterocycles. The van der Waals surface area contributed by atoms with Crippen molar-refractivity contribution in [2.24, 2.45) is 0 Å². The predicted octanol–water partition coefficient (Wildman–Crippen LogP) is 3.81. The molecule has 0 aliphatic rings. The summed E-state index contributed by atoms with van der Waals surface area (Å²) in [4.78, 5) is 30.4. The Bertz CT molecular complexity index is 962. The van der Waals surface area contributed by atoms with Gasteiger partial charge in [-0.1, -0.05) is 11.6 Å². The van der Waals surface area contributed by atoms with E-state index >= 15 is 0 Å². The second-order valence-electron chi connectivity index (χ2n) is 6.11. The lowest BCUT2D eigenvalue weighted by molar-refractivity contribution is -0.131. The minimum absolute atomic E-state index is 0.0881. The molecule has 0 bridgehead atoms. The van der Waals surface area contributed by atoms with Crippen LogP contribution in [0.1, 0.15) is 24.2 Å². The first-order chi connectivity index (χ1) is 13.0. The van der Waals surface area contributed by atoms with Crippen LogP contribution in [-0.4, -0.2) is 39.4 Å². The Hall–Kier alpha value is -2.86. The molecule has 0 aliphatic heterocycles. The van der Waals surface area contributed by atoms with Crippen LogP contribution in [0, 0.1) is 0 Å². The zero-order valence-corrected chi connectivity index (χ0v) is 16.0. The maximum Gasteiger partial charge on any atom is 0.257 e. The summed E-state index contributed by atoms with van der Waals surface area (Å²) in [5, 5.41) is 4.14. The summed E-state index contributed by atoms with van der Waals surface area (Å²) in [7, 11) is 0. The van der Waals surface area contributed by atoms with Crippen LogP contribution in [0.25, 0.3) is 10.9 Å². The monoisotopic (exact) mass is 384 g/mol. The molecule has 0 aliphatic carbocycles. The number of halogens is 1. The van der Waals surface area contributed by atoms with Crippen molar-refractivity contribution in [3.63, 3.8) is 0 Å². The molecule has 0 atom stereocenters. The number of pyridine rings is 1. The van der Waals surface area contributed by atoms with E-state index in [1.54, 1.807) is 17.0 Å². The van der Waals surface area contributed by atoms with Gasteiger partial charge in [-0.2, -0.15) is 0 Å². The Morgan fingerprint density at radius 2 is 1.93 bits per heavy atom. The molecule has 0 saturated carbocycles. The first-order valence-corrected chi connectivity index (χ1v) is 9.19. The van der Waals surface area contributed by atoms with E-state index in [2.05, 4.69) is 10.3 Å². The number of nitrogens with zero attached hydrogens (tertiary/aromatic N) is 3. The number of rotatable bonds is 6. The third-order valence-corrected chi connectivity index (χ3v) is 4.66. The summed E-state index contributed by atoms with van der Waals surface area (Å²) >= 11 is 5.75.